The van der Waals surface area contributed by atoms with Gasteiger partial charge in [0.25, 0.3) is 0 Å². The summed E-state index contributed by atoms with van der Waals surface area (Å²) in [7, 11) is -1.07. The molecule has 0 spiro atoms. The first-order chi connectivity index (χ1) is 10.7. The maximum absolute atomic E-state index is 9.47. The zero-order valence-electron chi connectivity index (χ0n) is 11.8. The summed E-state index contributed by atoms with van der Waals surface area (Å²) in [5.41, 5.74) is 0. The van der Waals surface area contributed by atoms with E-state index >= 15 is 0 Å². The van der Waals surface area contributed by atoms with Gasteiger partial charge in [-0.05, 0) is 60.7 Å². The van der Waals surface area contributed by atoms with Crippen LogP contribution in [0.1, 0.15) is 0 Å². The molecule has 0 amide bonds. The van der Waals surface area contributed by atoms with Crippen LogP contribution < -0.4 is 15.1 Å². The third-order valence-electron chi connectivity index (χ3n) is 3.11. The van der Waals surface area contributed by atoms with Crippen LogP contribution in [0.25, 0.3) is 0 Å². The molecule has 0 unspecified atom stereocenters. The van der Waals surface area contributed by atoms with E-state index in [0.717, 1.165) is 16.4 Å². The van der Waals surface area contributed by atoms with Gasteiger partial charge in [0.15, 0.2) is 8.15 Å². The van der Waals surface area contributed by atoms with Crippen molar-refractivity contribution in [2.24, 2.45) is 0 Å². The molecule has 2 N–H and O–H groups in total. The van der Waals surface area contributed by atoms with E-state index in [-0.39, 0.29) is 11.5 Å². The van der Waals surface area contributed by atoms with E-state index in [1.165, 1.54) is 0 Å². The average molecular weight is 310 g/mol. The predicted octanol–water partition coefficient (Wildman–Crippen LogP) is 3.52. The molecule has 0 heterocycles. The number of para-hydroxylation sites is 1. The van der Waals surface area contributed by atoms with Crippen LogP contribution in [-0.2, 0) is 0 Å². The molecule has 3 aromatic rings. The summed E-state index contributed by atoms with van der Waals surface area (Å²) in [6.07, 6.45) is 0. The second-order valence-corrected chi connectivity index (χ2v) is 6.54. The van der Waals surface area contributed by atoms with Crippen LogP contribution in [0.2, 0.25) is 0 Å². The summed E-state index contributed by atoms with van der Waals surface area (Å²) in [6, 6.07) is 23.7. The minimum absolute atomic E-state index is 0.226. The fourth-order valence-electron chi connectivity index (χ4n) is 2.02. The zero-order valence-corrected chi connectivity index (χ0v) is 12.6. The third-order valence-corrected chi connectivity index (χ3v) is 5.04. The molecular formula is C18H15O3P. The Morgan fingerprint density at radius 3 is 1.50 bits per heavy atom. The van der Waals surface area contributed by atoms with Crippen molar-refractivity contribution in [3.63, 3.8) is 0 Å². The van der Waals surface area contributed by atoms with Crippen molar-refractivity contribution in [3.05, 3.63) is 78.9 Å². The molecule has 0 aliphatic carbocycles. The molecule has 0 aliphatic rings. The Morgan fingerprint density at radius 2 is 1.05 bits per heavy atom. The van der Waals surface area contributed by atoms with Gasteiger partial charge >= 0.3 is 0 Å². The lowest BCUT2D eigenvalue weighted by Gasteiger charge is -2.19. The minimum atomic E-state index is -1.07. The van der Waals surface area contributed by atoms with Gasteiger partial charge in [-0.25, -0.2) is 0 Å². The number of phenolic OH excluding ortho intramolecular Hbond substituents is 2. The van der Waals surface area contributed by atoms with Crippen molar-refractivity contribution in [2.75, 3.05) is 0 Å². The Labute approximate surface area is 130 Å². The molecule has 3 nitrogen and oxygen atoms in total. The topological polar surface area (TPSA) is 49.7 Å². The van der Waals surface area contributed by atoms with E-state index in [0.29, 0.717) is 0 Å². The van der Waals surface area contributed by atoms with E-state index < -0.39 is 8.15 Å². The Bertz CT molecular complexity index is 679. The maximum atomic E-state index is 9.47. The van der Waals surface area contributed by atoms with Gasteiger partial charge in [-0.15, -0.1) is 0 Å². The van der Waals surface area contributed by atoms with Crippen molar-refractivity contribution < 1.29 is 14.7 Å². The van der Waals surface area contributed by atoms with Crippen LogP contribution in [0.3, 0.4) is 0 Å². The molecule has 0 aromatic heterocycles. The molecule has 0 saturated heterocycles. The summed E-state index contributed by atoms with van der Waals surface area (Å²) in [6.45, 7) is 0. The van der Waals surface area contributed by atoms with Crippen LogP contribution in [0, 0.1) is 0 Å². The van der Waals surface area contributed by atoms with Crippen LogP contribution in [-0.4, -0.2) is 10.2 Å². The van der Waals surface area contributed by atoms with Gasteiger partial charge in [-0.3, -0.25) is 0 Å². The highest BCUT2D eigenvalue weighted by atomic mass is 31.1. The van der Waals surface area contributed by atoms with Crippen molar-refractivity contribution in [1.29, 1.82) is 0 Å². The standard InChI is InChI=1S/C18H15O3P/c19-14-6-10-17(11-7-14)22(18-12-8-15(20)9-13-18)21-16-4-2-1-3-5-16/h1-13,19-20H. The lowest BCUT2D eigenvalue weighted by Crippen LogP contribution is -2.15. The van der Waals surface area contributed by atoms with E-state index in [1.54, 1.807) is 24.3 Å². The second kappa shape index (κ2) is 6.50. The van der Waals surface area contributed by atoms with Crippen LogP contribution >= 0.6 is 8.15 Å². The fourth-order valence-corrected chi connectivity index (χ4v) is 3.70. The van der Waals surface area contributed by atoms with Crippen molar-refractivity contribution in [1.82, 2.24) is 0 Å². The summed E-state index contributed by atoms with van der Waals surface area (Å²) in [4.78, 5) is 0. The quantitative estimate of drug-likeness (QED) is 0.725. The minimum Gasteiger partial charge on any atom is -0.508 e. The van der Waals surface area contributed by atoms with Gasteiger partial charge in [0.05, 0.1) is 0 Å². The summed E-state index contributed by atoms with van der Waals surface area (Å²) in [5.74, 6) is 1.24. The Morgan fingerprint density at radius 1 is 0.591 bits per heavy atom. The van der Waals surface area contributed by atoms with E-state index in [9.17, 15) is 10.2 Å². The first-order valence-corrected chi connectivity index (χ1v) is 8.09. The fraction of sp³-hybridized carbons (Fsp3) is 0. The highest BCUT2D eigenvalue weighted by Gasteiger charge is 2.17. The molecule has 0 aliphatic heterocycles. The lowest BCUT2D eigenvalue weighted by atomic mass is 10.3. The highest BCUT2D eigenvalue weighted by molar-refractivity contribution is 7.68. The van der Waals surface area contributed by atoms with Gasteiger partial charge in [0.2, 0.25) is 0 Å². The zero-order chi connectivity index (χ0) is 15.4. The molecule has 110 valence electrons. The van der Waals surface area contributed by atoms with E-state index in [1.807, 2.05) is 54.6 Å². The van der Waals surface area contributed by atoms with Gasteiger partial charge in [-0.1, -0.05) is 18.2 Å². The average Bonchev–Trinajstić information content (AvgIpc) is 2.56. The number of benzene rings is 3. The first kappa shape index (κ1) is 14.4. The normalized spacial score (nSPS) is 10.6. The first-order valence-electron chi connectivity index (χ1n) is 6.83. The number of hydrogen-bond donors (Lipinski definition) is 2. The SMILES string of the molecule is Oc1ccc(P(Oc2ccccc2)c2ccc(O)cc2)cc1. The Hall–Kier alpha value is -2.51. The predicted molar refractivity (Wildman–Crippen MR) is 89.5 cm³/mol. The van der Waals surface area contributed by atoms with Crippen LogP contribution in [0.4, 0.5) is 0 Å². The highest BCUT2D eigenvalue weighted by Crippen LogP contribution is 2.37. The second-order valence-electron chi connectivity index (χ2n) is 4.73. The van der Waals surface area contributed by atoms with Crippen LogP contribution in [0.5, 0.6) is 17.2 Å². The Balaban J connectivity index is 1.97. The maximum Gasteiger partial charge on any atom is 0.150 e. The van der Waals surface area contributed by atoms with Crippen LogP contribution in [0.15, 0.2) is 78.9 Å². The molecule has 3 rings (SSSR count). The Kier molecular flexibility index (Phi) is 4.27. The molecule has 4 heteroatoms. The van der Waals surface area contributed by atoms with E-state index in [2.05, 4.69) is 0 Å². The molecular weight excluding hydrogens is 295 g/mol. The van der Waals surface area contributed by atoms with Crippen molar-refractivity contribution in [2.45, 2.75) is 0 Å². The number of rotatable bonds is 4. The van der Waals surface area contributed by atoms with Gasteiger partial charge in [0.1, 0.15) is 17.2 Å². The van der Waals surface area contributed by atoms with Crippen molar-refractivity contribution >= 4 is 18.8 Å². The molecule has 22 heavy (non-hydrogen) atoms. The largest absolute Gasteiger partial charge is 0.508 e. The number of hydrogen-bond acceptors (Lipinski definition) is 3. The monoisotopic (exact) mass is 310 g/mol. The van der Waals surface area contributed by atoms with Gasteiger partial charge in [0, 0.05) is 10.6 Å². The molecule has 0 radical (unpaired) electrons. The number of aromatic hydroxyl groups is 2. The summed E-state index contributed by atoms with van der Waals surface area (Å²) < 4.78 is 6.17. The van der Waals surface area contributed by atoms with Crippen molar-refractivity contribution in [3.8, 4) is 17.2 Å². The smallest absolute Gasteiger partial charge is 0.150 e. The molecule has 0 saturated carbocycles. The molecule has 0 atom stereocenters. The van der Waals surface area contributed by atoms with E-state index in [4.69, 9.17) is 4.52 Å². The summed E-state index contributed by atoms with van der Waals surface area (Å²) >= 11 is 0. The number of phenols is 2. The summed E-state index contributed by atoms with van der Waals surface area (Å²) in [5, 5.41) is 20.9. The molecule has 0 bridgehead atoms. The lowest BCUT2D eigenvalue weighted by molar-refractivity contribution is 0.475. The third kappa shape index (κ3) is 3.38. The molecule has 0 fully saturated rings. The molecule has 3 aromatic carbocycles. The van der Waals surface area contributed by atoms with Gasteiger partial charge in [-0.2, -0.15) is 0 Å². The van der Waals surface area contributed by atoms with Gasteiger partial charge < -0.3 is 14.7 Å².